The van der Waals surface area contributed by atoms with Crippen molar-refractivity contribution in [2.24, 2.45) is 5.14 Å². The van der Waals surface area contributed by atoms with E-state index in [4.69, 9.17) is 21.5 Å². The Morgan fingerprint density at radius 3 is 3.00 bits per heavy atom. The summed E-state index contributed by atoms with van der Waals surface area (Å²) < 4.78 is 28.4. The molecule has 1 unspecified atom stereocenters. The SMILES string of the molecule is NS(=O)(=O)c1cnc(NC2CCCOc3c(Cl)cccc32)s1. The van der Waals surface area contributed by atoms with Crippen LogP contribution in [0.1, 0.15) is 24.4 Å². The van der Waals surface area contributed by atoms with E-state index in [-0.39, 0.29) is 10.3 Å². The van der Waals surface area contributed by atoms with Gasteiger partial charge in [-0.05, 0) is 18.9 Å². The number of sulfonamides is 1. The smallest absolute Gasteiger partial charge is 0.249 e. The lowest BCUT2D eigenvalue weighted by Gasteiger charge is -2.18. The maximum Gasteiger partial charge on any atom is 0.249 e. The molecule has 6 nitrogen and oxygen atoms in total. The fraction of sp³-hybridized carbons (Fsp3) is 0.308. The highest BCUT2D eigenvalue weighted by molar-refractivity contribution is 7.91. The number of ether oxygens (including phenoxy) is 1. The maximum absolute atomic E-state index is 11.3. The van der Waals surface area contributed by atoms with E-state index in [0.717, 1.165) is 29.7 Å². The van der Waals surface area contributed by atoms with E-state index in [9.17, 15) is 8.42 Å². The van der Waals surface area contributed by atoms with Crippen LogP contribution in [0.5, 0.6) is 5.75 Å². The lowest BCUT2D eigenvalue weighted by atomic mass is 10.0. The monoisotopic (exact) mass is 359 g/mol. The summed E-state index contributed by atoms with van der Waals surface area (Å²) in [6.07, 6.45) is 2.95. The Morgan fingerprint density at radius 2 is 2.27 bits per heavy atom. The number of hydrogen-bond acceptors (Lipinski definition) is 6. The zero-order chi connectivity index (χ0) is 15.7. The largest absolute Gasteiger partial charge is 0.492 e. The van der Waals surface area contributed by atoms with Gasteiger partial charge in [0.05, 0.1) is 23.9 Å². The zero-order valence-corrected chi connectivity index (χ0v) is 13.8. The van der Waals surface area contributed by atoms with E-state index in [1.807, 2.05) is 12.1 Å². The summed E-state index contributed by atoms with van der Waals surface area (Å²) in [5, 5.41) is 9.41. The van der Waals surface area contributed by atoms with Crippen molar-refractivity contribution in [1.82, 2.24) is 4.98 Å². The van der Waals surface area contributed by atoms with Crippen LogP contribution in [0.25, 0.3) is 0 Å². The van der Waals surface area contributed by atoms with Crippen LogP contribution in [0.4, 0.5) is 5.13 Å². The normalized spacial score (nSPS) is 18.2. The van der Waals surface area contributed by atoms with Gasteiger partial charge in [0.25, 0.3) is 0 Å². The van der Waals surface area contributed by atoms with E-state index in [1.54, 1.807) is 6.07 Å². The van der Waals surface area contributed by atoms with E-state index in [1.165, 1.54) is 6.20 Å². The van der Waals surface area contributed by atoms with Gasteiger partial charge in [-0.3, -0.25) is 0 Å². The molecule has 22 heavy (non-hydrogen) atoms. The van der Waals surface area contributed by atoms with Gasteiger partial charge in [-0.15, -0.1) is 0 Å². The molecule has 3 N–H and O–H groups in total. The number of nitrogens with one attached hydrogen (secondary N) is 1. The first-order valence-electron chi connectivity index (χ1n) is 6.61. The molecule has 0 saturated heterocycles. The number of nitrogens with zero attached hydrogens (tertiary/aromatic N) is 1. The van der Waals surface area contributed by atoms with Gasteiger partial charge >= 0.3 is 0 Å². The van der Waals surface area contributed by atoms with Crippen LogP contribution in [0.3, 0.4) is 0 Å². The summed E-state index contributed by atoms with van der Waals surface area (Å²) in [6.45, 7) is 0.592. The van der Waals surface area contributed by atoms with Crippen LogP contribution in [-0.2, 0) is 10.0 Å². The van der Waals surface area contributed by atoms with Crippen LogP contribution in [0.15, 0.2) is 28.6 Å². The molecule has 0 amide bonds. The Bertz CT molecular complexity index is 792. The molecule has 1 aliphatic heterocycles. The number of fused-ring (bicyclic) bond motifs is 1. The molecule has 2 heterocycles. The molecule has 1 aliphatic rings. The van der Waals surface area contributed by atoms with Crippen LogP contribution in [0, 0.1) is 0 Å². The molecule has 0 bridgehead atoms. The van der Waals surface area contributed by atoms with Crippen LogP contribution >= 0.6 is 22.9 Å². The third-order valence-corrected chi connectivity index (χ3v) is 5.95. The third kappa shape index (κ3) is 3.19. The molecule has 2 aromatic rings. The zero-order valence-electron chi connectivity index (χ0n) is 11.5. The number of aromatic nitrogens is 1. The van der Waals surface area contributed by atoms with Gasteiger partial charge < -0.3 is 10.1 Å². The molecular weight excluding hydrogens is 346 g/mol. The highest BCUT2D eigenvalue weighted by atomic mass is 35.5. The molecule has 0 fully saturated rings. The quantitative estimate of drug-likeness (QED) is 0.878. The van der Waals surface area contributed by atoms with Crippen LogP contribution < -0.4 is 15.2 Å². The average Bonchev–Trinajstić information content (AvgIpc) is 2.83. The second-order valence-electron chi connectivity index (χ2n) is 4.88. The fourth-order valence-electron chi connectivity index (χ4n) is 2.33. The molecule has 1 atom stereocenters. The summed E-state index contributed by atoms with van der Waals surface area (Å²) in [4.78, 5) is 4.08. The van der Waals surface area contributed by atoms with Gasteiger partial charge in [-0.1, -0.05) is 35.1 Å². The van der Waals surface area contributed by atoms with Gasteiger partial charge in [0.1, 0.15) is 5.75 Å². The number of hydrogen-bond donors (Lipinski definition) is 2. The van der Waals surface area contributed by atoms with Crippen molar-refractivity contribution in [3.8, 4) is 5.75 Å². The van der Waals surface area contributed by atoms with E-state index < -0.39 is 10.0 Å². The second-order valence-corrected chi connectivity index (χ2v) is 8.10. The minimum Gasteiger partial charge on any atom is -0.492 e. The standard InChI is InChI=1S/C13H14ClN3O3S2/c14-9-4-1-3-8-10(5-2-6-20-12(8)9)17-13-16-7-11(21-13)22(15,18)19/h1,3-4,7,10H,2,5-6H2,(H,16,17)(H2,15,18,19). The first-order chi connectivity index (χ1) is 10.4. The topological polar surface area (TPSA) is 94.3 Å². The van der Waals surface area contributed by atoms with Gasteiger partial charge in [-0.2, -0.15) is 0 Å². The van der Waals surface area contributed by atoms with Crippen molar-refractivity contribution in [2.45, 2.75) is 23.1 Å². The molecule has 1 aromatic heterocycles. The van der Waals surface area contributed by atoms with Gasteiger partial charge in [-0.25, -0.2) is 18.5 Å². The lowest BCUT2D eigenvalue weighted by molar-refractivity contribution is 0.316. The first-order valence-corrected chi connectivity index (χ1v) is 9.35. The van der Waals surface area contributed by atoms with Crippen LogP contribution in [-0.4, -0.2) is 20.0 Å². The molecule has 9 heteroatoms. The highest BCUT2D eigenvalue weighted by Gasteiger charge is 2.23. The van der Waals surface area contributed by atoms with E-state index in [0.29, 0.717) is 22.5 Å². The summed E-state index contributed by atoms with van der Waals surface area (Å²) in [5.41, 5.74) is 0.942. The minimum atomic E-state index is -3.73. The van der Waals surface area contributed by atoms with Crippen molar-refractivity contribution in [1.29, 1.82) is 0 Å². The number of primary sulfonamides is 1. The summed E-state index contributed by atoms with van der Waals surface area (Å²) in [7, 11) is -3.73. The Labute approximate surface area is 137 Å². The molecule has 0 aliphatic carbocycles. The highest BCUT2D eigenvalue weighted by Crippen LogP contribution is 2.39. The number of anilines is 1. The van der Waals surface area contributed by atoms with Crippen molar-refractivity contribution in [2.75, 3.05) is 11.9 Å². The number of para-hydroxylation sites is 1. The molecule has 0 saturated carbocycles. The predicted molar refractivity (Wildman–Crippen MR) is 86.0 cm³/mol. The van der Waals surface area contributed by atoms with Crippen molar-refractivity contribution >= 4 is 38.1 Å². The summed E-state index contributed by atoms with van der Waals surface area (Å²) in [5.74, 6) is 0.669. The maximum atomic E-state index is 11.3. The summed E-state index contributed by atoms with van der Waals surface area (Å²) >= 11 is 7.20. The number of halogens is 1. The number of rotatable bonds is 3. The van der Waals surface area contributed by atoms with Gasteiger partial charge in [0, 0.05) is 5.56 Å². The Balaban J connectivity index is 1.90. The Kier molecular flexibility index (Phi) is 4.26. The molecular formula is C13H14ClN3O3S2. The molecule has 3 rings (SSSR count). The predicted octanol–water partition coefficient (Wildman–Crippen LogP) is 2.77. The van der Waals surface area contributed by atoms with E-state index >= 15 is 0 Å². The third-order valence-electron chi connectivity index (χ3n) is 3.32. The molecule has 118 valence electrons. The Morgan fingerprint density at radius 1 is 1.45 bits per heavy atom. The lowest BCUT2D eigenvalue weighted by Crippen LogP contribution is -2.10. The first kappa shape index (κ1) is 15.5. The van der Waals surface area contributed by atoms with Crippen molar-refractivity contribution < 1.29 is 13.2 Å². The van der Waals surface area contributed by atoms with E-state index in [2.05, 4.69) is 10.3 Å². The second kappa shape index (κ2) is 6.04. The van der Waals surface area contributed by atoms with Crippen LogP contribution in [0.2, 0.25) is 5.02 Å². The molecule has 0 radical (unpaired) electrons. The fourth-order valence-corrected chi connectivity index (χ4v) is 4.07. The van der Waals surface area contributed by atoms with Gasteiger partial charge in [0.2, 0.25) is 10.0 Å². The molecule has 1 aromatic carbocycles. The average molecular weight is 360 g/mol. The number of benzene rings is 1. The van der Waals surface area contributed by atoms with Crippen molar-refractivity contribution in [3.63, 3.8) is 0 Å². The minimum absolute atomic E-state index is 0.0335. The van der Waals surface area contributed by atoms with Gasteiger partial charge in [0.15, 0.2) is 9.34 Å². The Hall–Kier alpha value is -1.35. The summed E-state index contributed by atoms with van der Waals surface area (Å²) in [6, 6.07) is 5.54. The molecule has 0 spiro atoms. The van der Waals surface area contributed by atoms with Crippen molar-refractivity contribution in [3.05, 3.63) is 35.0 Å². The number of nitrogens with two attached hydrogens (primary N) is 1. The number of thiazole rings is 1.